The van der Waals surface area contributed by atoms with Crippen LogP contribution in [0.2, 0.25) is 0 Å². The highest BCUT2D eigenvalue weighted by atomic mass is 16.5. The van der Waals surface area contributed by atoms with Gasteiger partial charge < -0.3 is 28.7 Å². The number of carbonyl (C=O) groups is 1. The molecular weight excluding hydrogens is 515 g/mol. The molecule has 218 valence electrons. The Kier molecular flexibility index (Phi) is 11.1. The van der Waals surface area contributed by atoms with Crippen molar-refractivity contribution in [2.45, 2.75) is 38.8 Å². The van der Waals surface area contributed by atoms with Gasteiger partial charge in [0, 0.05) is 50.2 Å². The van der Waals surface area contributed by atoms with E-state index in [0.29, 0.717) is 42.8 Å². The van der Waals surface area contributed by atoms with E-state index in [1.807, 2.05) is 47.4 Å². The minimum atomic E-state index is -0.0000692. The molecule has 0 N–H and O–H groups in total. The lowest BCUT2D eigenvalue weighted by molar-refractivity contribution is 0.0421. The summed E-state index contributed by atoms with van der Waals surface area (Å²) in [7, 11) is 5.40. The molecule has 1 amide bonds. The molecule has 0 bridgehead atoms. The zero-order chi connectivity index (χ0) is 29.2. The molecule has 0 saturated carbocycles. The zero-order valence-corrected chi connectivity index (χ0v) is 25.0. The lowest BCUT2D eigenvalue weighted by Gasteiger charge is -2.43. The number of amides is 1. The first-order valence-electron chi connectivity index (χ1n) is 14.5. The molecule has 4 rings (SSSR count). The number of hydrogen-bond acceptors (Lipinski definition) is 6. The first-order valence-corrected chi connectivity index (χ1v) is 14.5. The Morgan fingerprint density at radius 1 is 0.927 bits per heavy atom. The van der Waals surface area contributed by atoms with Gasteiger partial charge in [0.2, 0.25) is 0 Å². The summed E-state index contributed by atoms with van der Waals surface area (Å²) < 4.78 is 22.9. The summed E-state index contributed by atoms with van der Waals surface area (Å²) in [4.78, 5) is 18.3. The van der Waals surface area contributed by atoms with Gasteiger partial charge in [-0.3, -0.25) is 4.79 Å². The maximum Gasteiger partial charge on any atom is 0.254 e. The van der Waals surface area contributed by atoms with Crippen LogP contribution in [0.3, 0.4) is 0 Å². The Bertz CT molecular complexity index is 1260. The van der Waals surface area contributed by atoms with Gasteiger partial charge in [-0.2, -0.15) is 0 Å². The van der Waals surface area contributed by atoms with E-state index >= 15 is 0 Å². The molecule has 7 nitrogen and oxygen atoms in total. The molecule has 2 atom stereocenters. The van der Waals surface area contributed by atoms with Crippen LogP contribution in [0.4, 0.5) is 0 Å². The van der Waals surface area contributed by atoms with Crippen molar-refractivity contribution in [2.24, 2.45) is 5.92 Å². The normalized spacial score (nSPS) is 17.3. The van der Waals surface area contributed by atoms with Crippen molar-refractivity contribution >= 4 is 13.9 Å². The van der Waals surface area contributed by atoms with Crippen LogP contribution in [-0.4, -0.2) is 82.8 Å². The highest BCUT2D eigenvalue weighted by Crippen LogP contribution is 2.31. The summed E-state index contributed by atoms with van der Waals surface area (Å²) in [5, 5.41) is 0. The number of rotatable bonds is 13. The van der Waals surface area contributed by atoms with Crippen molar-refractivity contribution in [2.75, 3.05) is 47.1 Å². The quantitative estimate of drug-likeness (QED) is 0.219. The van der Waals surface area contributed by atoms with E-state index in [4.69, 9.17) is 18.9 Å². The fourth-order valence-corrected chi connectivity index (χ4v) is 5.62. The van der Waals surface area contributed by atoms with Crippen molar-refractivity contribution < 1.29 is 23.7 Å². The molecule has 8 heteroatoms. The fraction of sp³-hybridized carbons (Fsp3) is 0.424. The maximum absolute atomic E-state index is 13.9. The molecule has 3 aromatic carbocycles. The standard InChI is InChI=1S/C33H43BN2O5/c1-24(2)36(33(37)28-14-15-31(39-4)32(20-28)40-17-9-16-38-3)29-18-25(21-35(34)22-29)23-41-30-13-8-12-27(19-30)26-10-6-5-7-11-26/h5-8,10-15,19-20,24-25,29H,9,16-18,21-23,34H2,1-4H3. The van der Waals surface area contributed by atoms with Crippen molar-refractivity contribution in [3.63, 3.8) is 0 Å². The monoisotopic (exact) mass is 558 g/mol. The van der Waals surface area contributed by atoms with E-state index in [2.05, 4.69) is 50.9 Å². The van der Waals surface area contributed by atoms with E-state index in [1.54, 1.807) is 20.3 Å². The van der Waals surface area contributed by atoms with Gasteiger partial charge in [0.05, 0.1) is 20.3 Å². The van der Waals surface area contributed by atoms with Gasteiger partial charge >= 0.3 is 0 Å². The molecule has 1 saturated heterocycles. The maximum atomic E-state index is 13.9. The highest BCUT2D eigenvalue weighted by molar-refractivity contribution is 6.04. The first-order chi connectivity index (χ1) is 19.9. The Labute approximate surface area is 245 Å². The number of ether oxygens (including phenoxy) is 4. The third kappa shape index (κ3) is 8.27. The molecule has 1 heterocycles. The van der Waals surface area contributed by atoms with E-state index in [1.165, 1.54) is 5.56 Å². The Morgan fingerprint density at radius 2 is 1.71 bits per heavy atom. The number of carbonyl (C=O) groups excluding carboxylic acids is 1. The molecule has 1 fully saturated rings. The van der Waals surface area contributed by atoms with Gasteiger partial charge in [-0.05, 0) is 68.3 Å². The van der Waals surface area contributed by atoms with Crippen LogP contribution in [0.5, 0.6) is 17.2 Å². The van der Waals surface area contributed by atoms with Crippen LogP contribution < -0.4 is 14.2 Å². The van der Waals surface area contributed by atoms with E-state index < -0.39 is 0 Å². The number of benzene rings is 3. The minimum absolute atomic E-state index is 0.0000692. The van der Waals surface area contributed by atoms with Gasteiger partial charge in [-0.25, -0.2) is 0 Å². The minimum Gasteiger partial charge on any atom is -0.493 e. The second-order valence-electron chi connectivity index (χ2n) is 11.0. The van der Waals surface area contributed by atoms with Gasteiger partial charge in [-0.1, -0.05) is 42.5 Å². The molecule has 2 unspecified atom stereocenters. The zero-order valence-electron chi connectivity index (χ0n) is 25.0. The van der Waals surface area contributed by atoms with E-state index in [9.17, 15) is 4.79 Å². The van der Waals surface area contributed by atoms with E-state index in [0.717, 1.165) is 37.2 Å². The molecule has 3 aromatic rings. The average Bonchev–Trinajstić information content (AvgIpc) is 2.98. The second-order valence-corrected chi connectivity index (χ2v) is 11.0. The van der Waals surface area contributed by atoms with E-state index in [-0.39, 0.29) is 18.0 Å². The third-order valence-electron chi connectivity index (χ3n) is 7.47. The number of methoxy groups -OCH3 is 2. The summed E-state index contributed by atoms with van der Waals surface area (Å²) >= 11 is 0. The van der Waals surface area contributed by atoms with Crippen molar-refractivity contribution in [1.29, 1.82) is 0 Å². The molecule has 1 aliphatic rings. The molecule has 0 aliphatic carbocycles. The summed E-state index contributed by atoms with van der Waals surface area (Å²) in [6, 6.07) is 24.1. The lowest BCUT2D eigenvalue weighted by atomic mass is 9.90. The fourth-order valence-electron chi connectivity index (χ4n) is 5.62. The molecule has 1 aliphatic heterocycles. The Balaban J connectivity index is 1.45. The molecular formula is C33H43BN2O5. The lowest BCUT2D eigenvalue weighted by Crippen LogP contribution is -2.55. The van der Waals surface area contributed by atoms with Crippen LogP contribution in [0, 0.1) is 5.92 Å². The van der Waals surface area contributed by atoms with Gasteiger partial charge in [-0.15, -0.1) is 0 Å². The summed E-state index contributed by atoms with van der Waals surface area (Å²) in [6.07, 6.45) is 1.63. The largest absolute Gasteiger partial charge is 0.493 e. The van der Waals surface area contributed by atoms with Crippen LogP contribution in [0.15, 0.2) is 72.8 Å². The topological polar surface area (TPSA) is 60.5 Å². The van der Waals surface area contributed by atoms with Crippen LogP contribution in [0.25, 0.3) is 11.1 Å². The predicted octanol–water partition coefficient (Wildman–Crippen LogP) is 4.95. The third-order valence-corrected chi connectivity index (χ3v) is 7.47. The van der Waals surface area contributed by atoms with Gasteiger partial charge in [0.15, 0.2) is 19.5 Å². The van der Waals surface area contributed by atoms with Crippen LogP contribution in [0.1, 0.15) is 37.0 Å². The van der Waals surface area contributed by atoms with Crippen molar-refractivity contribution in [1.82, 2.24) is 9.71 Å². The van der Waals surface area contributed by atoms with Gasteiger partial charge in [0.25, 0.3) is 5.91 Å². The molecule has 0 aromatic heterocycles. The number of piperidine rings is 1. The summed E-state index contributed by atoms with van der Waals surface area (Å²) in [5.74, 6) is 2.34. The smallest absolute Gasteiger partial charge is 0.254 e. The average molecular weight is 559 g/mol. The second kappa shape index (κ2) is 14.9. The van der Waals surface area contributed by atoms with Crippen molar-refractivity contribution in [3.8, 4) is 28.4 Å². The number of hydrogen-bond donors (Lipinski definition) is 0. The first kappa shape index (κ1) is 30.5. The Hall–Kier alpha value is -3.49. The Morgan fingerprint density at radius 3 is 2.44 bits per heavy atom. The van der Waals surface area contributed by atoms with Gasteiger partial charge in [0.1, 0.15) is 5.75 Å². The molecule has 0 spiro atoms. The number of nitrogens with zero attached hydrogens (tertiary/aromatic N) is 2. The highest BCUT2D eigenvalue weighted by Gasteiger charge is 2.34. The van der Waals surface area contributed by atoms with Crippen LogP contribution in [-0.2, 0) is 4.74 Å². The molecule has 0 radical (unpaired) electrons. The van der Waals surface area contributed by atoms with Crippen LogP contribution >= 0.6 is 0 Å². The van der Waals surface area contributed by atoms with Crippen molar-refractivity contribution in [3.05, 3.63) is 78.4 Å². The predicted molar refractivity (Wildman–Crippen MR) is 166 cm³/mol. The SMILES string of the molecule is BN1CC(COc2cccc(-c3ccccc3)c2)CC(N(C(=O)c2ccc(OC)c(OCCCOC)c2)C(C)C)C1. The molecule has 41 heavy (non-hydrogen) atoms. The summed E-state index contributed by atoms with van der Waals surface area (Å²) in [6.45, 7) is 7.61. The summed E-state index contributed by atoms with van der Waals surface area (Å²) in [5.41, 5.74) is 2.91.